The fraction of sp³-hybridized carbons (Fsp3) is 0.417. The molecule has 1 aliphatic rings. The van der Waals surface area contributed by atoms with Crippen LogP contribution < -0.4 is 0 Å². The summed E-state index contributed by atoms with van der Waals surface area (Å²) in [7, 11) is 0. The van der Waals surface area contributed by atoms with Crippen molar-refractivity contribution in [2.75, 3.05) is 6.54 Å². The minimum Gasteiger partial charge on any atom is -0.336 e. The summed E-state index contributed by atoms with van der Waals surface area (Å²) in [6, 6.07) is 6.11. The van der Waals surface area contributed by atoms with E-state index in [1.165, 1.54) is 0 Å². The third-order valence-corrected chi connectivity index (χ3v) is 3.58. The Morgan fingerprint density at radius 1 is 1.40 bits per heavy atom. The van der Waals surface area contributed by atoms with Crippen LogP contribution in [0.25, 0.3) is 0 Å². The smallest absolute Gasteiger partial charge is 0.254 e. The van der Waals surface area contributed by atoms with E-state index < -0.39 is 0 Å². The summed E-state index contributed by atoms with van der Waals surface area (Å²) in [6.07, 6.45) is 0.945. The van der Waals surface area contributed by atoms with Gasteiger partial charge in [0, 0.05) is 22.6 Å². The third-order valence-electron chi connectivity index (χ3n) is 2.84. The summed E-state index contributed by atoms with van der Waals surface area (Å²) >= 11 is 3.50. The highest BCUT2D eigenvalue weighted by Gasteiger charge is 2.26. The maximum Gasteiger partial charge on any atom is 0.254 e. The Morgan fingerprint density at radius 3 is 2.80 bits per heavy atom. The van der Waals surface area contributed by atoms with Crippen molar-refractivity contribution in [3.8, 4) is 0 Å². The highest BCUT2D eigenvalue weighted by molar-refractivity contribution is 9.10. The molecule has 0 aromatic heterocycles. The number of benzene rings is 1. The first kappa shape index (κ1) is 10.7. The second kappa shape index (κ2) is 3.97. The molecule has 0 unspecified atom stereocenters. The molecule has 15 heavy (non-hydrogen) atoms. The van der Waals surface area contributed by atoms with Crippen LogP contribution >= 0.6 is 15.9 Å². The largest absolute Gasteiger partial charge is 0.336 e. The molecule has 80 valence electrons. The summed E-state index contributed by atoms with van der Waals surface area (Å²) in [5, 5.41) is 0. The van der Waals surface area contributed by atoms with Crippen molar-refractivity contribution < 1.29 is 4.79 Å². The number of halogens is 1. The van der Waals surface area contributed by atoms with Gasteiger partial charge in [0.2, 0.25) is 0 Å². The summed E-state index contributed by atoms with van der Waals surface area (Å²) in [4.78, 5) is 14.0. The van der Waals surface area contributed by atoms with Gasteiger partial charge >= 0.3 is 0 Å². The van der Waals surface area contributed by atoms with Crippen molar-refractivity contribution in [2.24, 2.45) is 0 Å². The summed E-state index contributed by atoms with van der Waals surface area (Å²) < 4.78 is 1.05. The van der Waals surface area contributed by atoms with Crippen LogP contribution in [0.5, 0.6) is 0 Å². The van der Waals surface area contributed by atoms with Crippen molar-refractivity contribution in [2.45, 2.75) is 26.3 Å². The van der Waals surface area contributed by atoms with E-state index >= 15 is 0 Å². The van der Waals surface area contributed by atoms with Crippen molar-refractivity contribution in [3.63, 3.8) is 0 Å². The van der Waals surface area contributed by atoms with Gasteiger partial charge in [0.15, 0.2) is 0 Å². The van der Waals surface area contributed by atoms with Gasteiger partial charge in [0.25, 0.3) is 5.91 Å². The third kappa shape index (κ3) is 1.81. The van der Waals surface area contributed by atoms with Crippen LogP contribution in [0.4, 0.5) is 0 Å². The molecular weight excluding hydrogens is 254 g/mol. The van der Waals surface area contributed by atoms with E-state index in [0.29, 0.717) is 0 Å². The van der Waals surface area contributed by atoms with Gasteiger partial charge < -0.3 is 4.90 Å². The molecule has 0 atom stereocenters. The van der Waals surface area contributed by atoms with Gasteiger partial charge in [-0.1, -0.05) is 22.0 Å². The molecule has 0 saturated carbocycles. The van der Waals surface area contributed by atoms with E-state index in [-0.39, 0.29) is 11.9 Å². The zero-order valence-electron chi connectivity index (χ0n) is 8.96. The number of hydrogen-bond acceptors (Lipinski definition) is 1. The first-order valence-electron chi connectivity index (χ1n) is 5.19. The van der Waals surface area contributed by atoms with Crippen molar-refractivity contribution in [1.82, 2.24) is 4.90 Å². The van der Waals surface area contributed by atoms with Gasteiger partial charge in [-0.05, 0) is 38.0 Å². The first-order valence-corrected chi connectivity index (χ1v) is 5.99. The molecule has 3 heteroatoms. The molecule has 1 heterocycles. The molecule has 0 aliphatic carbocycles. The summed E-state index contributed by atoms with van der Waals surface area (Å²) in [6.45, 7) is 4.94. The normalized spacial score (nSPS) is 15.7. The fourth-order valence-electron chi connectivity index (χ4n) is 1.99. The Labute approximate surface area is 98.4 Å². The molecule has 0 N–H and O–H groups in total. The monoisotopic (exact) mass is 267 g/mol. The quantitative estimate of drug-likeness (QED) is 0.767. The van der Waals surface area contributed by atoms with Gasteiger partial charge in [-0.3, -0.25) is 4.79 Å². The first-order chi connectivity index (χ1) is 7.11. The van der Waals surface area contributed by atoms with E-state index in [1.54, 1.807) is 0 Å². The minimum atomic E-state index is 0.160. The molecule has 0 bridgehead atoms. The van der Waals surface area contributed by atoms with E-state index in [1.807, 2.05) is 23.1 Å². The molecule has 1 aliphatic heterocycles. The maximum atomic E-state index is 12.1. The van der Waals surface area contributed by atoms with Gasteiger partial charge in [-0.25, -0.2) is 0 Å². The summed E-state index contributed by atoms with van der Waals surface area (Å²) in [5.41, 5.74) is 2.00. The Hall–Kier alpha value is -0.830. The predicted octanol–water partition coefficient (Wildman–Crippen LogP) is 2.86. The zero-order valence-corrected chi connectivity index (χ0v) is 10.5. The lowest BCUT2D eigenvalue weighted by atomic mass is 9.98. The lowest BCUT2D eigenvalue weighted by Gasteiger charge is -2.32. The second-order valence-corrected chi connectivity index (χ2v) is 4.96. The standard InChI is InChI=1S/C12H14BrNO/c1-8(2)14-7-6-9-10(12(14)15)4-3-5-11(9)13/h3-5,8H,6-7H2,1-2H3. The Balaban J connectivity index is 2.43. The van der Waals surface area contributed by atoms with Crippen LogP contribution in [0.15, 0.2) is 22.7 Å². The molecule has 0 radical (unpaired) electrons. The average Bonchev–Trinajstić information content (AvgIpc) is 2.19. The minimum absolute atomic E-state index is 0.160. The summed E-state index contributed by atoms with van der Waals surface area (Å²) in [5.74, 6) is 0.160. The maximum absolute atomic E-state index is 12.1. The number of carbonyl (C=O) groups is 1. The molecular formula is C12H14BrNO. The highest BCUT2D eigenvalue weighted by atomic mass is 79.9. The van der Waals surface area contributed by atoms with Gasteiger partial charge in [0.1, 0.15) is 0 Å². The topological polar surface area (TPSA) is 20.3 Å². The predicted molar refractivity (Wildman–Crippen MR) is 64.0 cm³/mol. The van der Waals surface area contributed by atoms with E-state index in [0.717, 1.165) is 28.6 Å². The van der Waals surface area contributed by atoms with E-state index in [2.05, 4.69) is 29.8 Å². The average molecular weight is 268 g/mol. The van der Waals surface area contributed by atoms with Gasteiger partial charge in [-0.15, -0.1) is 0 Å². The van der Waals surface area contributed by atoms with Crippen molar-refractivity contribution >= 4 is 21.8 Å². The number of rotatable bonds is 1. The zero-order chi connectivity index (χ0) is 11.0. The number of fused-ring (bicyclic) bond motifs is 1. The Morgan fingerprint density at radius 2 is 2.13 bits per heavy atom. The lowest BCUT2D eigenvalue weighted by Crippen LogP contribution is -2.42. The van der Waals surface area contributed by atoms with Gasteiger partial charge in [-0.2, -0.15) is 0 Å². The van der Waals surface area contributed by atoms with Gasteiger partial charge in [0.05, 0.1) is 0 Å². The van der Waals surface area contributed by atoms with E-state index in [9.17, 15) is 4.79 Å². The Bertz CT molecular complexity index is 401. The number of nitrogens with zero attached hydrogens (tertiary/aromatic N) is 1. The van der Waals surface area contributed by atoms with Crippen molar-refractivity contribution in [1.29, 1.82) is 0 Å². The number of amides is 1. The lowest BCUT2D eigenvalue weighted by molar-refractivity contribution is 0.0688. The van der Waals surface area contributed by atoms with Crippen LogP contribution in [0, 0.1) is 0 Å². The molecule has 0 fully saturated rings. The second-order valence-electron chi connectivity index (χ2n) is 4.11. The highest BCUT2D eigenvalue weighted by Crippen LogP contribution is 2.26. The van der Waals surface area contributed by atoms with Crippen LogP contribution in [0.1, 0.15) is 29.8 Å². The fourth-order valence-corrected chi connectivity index (χ4v) is 2.56. The number of carbonyl (C=O) groups excluding carboxylic acids is 1. The molecule has 0 spiro atoms. The molecule has 1 aromatic carbocycles. The SMILES string of the molecule is CC(C)N1CCc2c(Br)cccc2C1=O. The molecule has 0 saturated heterocycles. The molecule has 2 rings (SSSR count). The molecule has 1 amide bonds. The van der Waals surface area contributed by atoms with Crippen LogP contribution in [0.2, 0.25) is 0 Å². The van der Waals surface area contributed by atoms with E-state index in [4.69, 9.17) is 0 Å². The van der Waals surface area contributed by atoms with Crippen LogP contribution in [-0.4, -0.2) is 23.4 Å². The molecule has 2 nitrogen and oxygen atoms in total. The van der Waals surface area contributed by atoms with Crippen molar-refractivity contribution in [3.05, 3.63) is 33.8 Å². The van der Waals surface area contributed by atoms with Crippen LogP contribution in [0.3, 0.4) is 0 Å². The van der Waals surface area contributed by atoms with Crippen LogP contribution in [-0.2, 0) is 6.42 Å². The molecule has 1 aromatic rings. The number of hydrogen-bond donors (Lipinski definition) is 0. The Kier molecular flexibility index (Phi) is 2.83.